The standard InChI is InChI=1S/C16H11ClFN3O/c17-13-5-2-4-12(8-13)16-15(10-22)19-20-21(16)9-11-3-1-6-14(18)7-11/h1-8,10H,9H2. The van der Waals surface area contributed by atoms with Crippen molar-refractivity contribution in [3.63, 3.8) is 0 Å². The molecule has 110 valence electrons. The fourth-order valence-electron chi connectivity index (χ4n) is 2.26. The molecule has 0 atom stereocenters. The Morgan fingerprint density at radius 3 is 2.73 bits per heavy atom. The van der Waals surface area contributed by atoms with E-state index in [2.05, 4.69) is 10.3 Å². The van der Waals surface area contributed by atoms with Gasteiger partial charge in [0, 0.05) is 10.6 Å². The second-order valence-electron chi connectivity index (χ2n) is 4.74. The largest absolute Gasteiger partial charge is 0.296 e. The summed E-state index contributed by atoms with van der Waals surface area (Å²) in [5.74, 6) is -0.322. The third-order valence-corrected chi connectivity index (χ3v) is 3.43. The monoisotopic (exact) mass is 315 g/mol. The van der Waals surface area contributed by atoms with Gasteiger partial charge in [0.15, 0.2) is 12.0 Å². The van der Waals surface area contributed by atoms with Crippen LogP contribution in [0.5, 0.6) is 0 Å². The molecule has 1 aromatic heterocycles. The predicted molar refractivity (Wildman–Crippen MR) is 81.4 cm³/mol. The van der Waals surface area contributed by atoms with Gasteiger partial charge >= 0.3 is 0 Å². The molecule has 3 aromatic rings. The first-order valence-electron chi connectivity index (χ1n) is 6.56. The normalized spacial score (nSPS) is 10.6. The summed E-state index contributed by atoms with van der Waals surface area (Å²) in [4.78, 5) is 11.2. The molecule has 1 heterocycles. The van der Waals surface area contributed by atoms with Gasteiger partial charge in [-0.1, -0.05) is 41.1 Å². The quantitative estimate of drug-likeness (QED) is 0.691. The molecule has 3 rings (SSSR count). The van der Waals surface area contributed by atoms with Crippen LogP contribution in [-0.4, -0.2) is 21.3 Å². The molecule has 0 saturated carbocycles. The number of benzene rings is 2. The molecule has 0 fully saturated rings. The van der Waals surface area contributed by atoms with Crippen molar-refractivity contribution >= 4 is 17.9 Å². The van der Waals surface area contributed by atoms with Crippen LogP contribution >= 0.6 is 11.6 Å². The van der Waals surface area contributed by atoms with Gasteiger partial charge < -0.3 is 0 Å². The number of carbonyl (C=O) groups excluding carboxylic acids is 1. The summed E-state index contributed by atoms with van der Waals surface area (Å²) < 4.78 is 14.9. The molecule has 0 aliphatic heterocycles. The van der Waals surface area contributed by atoms with Crippen LogP contribution in [0, 0.1) is 5.82 Å². The molecule has 0 spiro atoms. The molecule has 0 unspecified atom stereocenters. The van der Waals surface area contributed by atoms with E-state index >= 15 is 0 Å². The van der Waals surface area contributed by atoms with Crippen LogP contribution < -0.4 is 0 Å². The lowest BCUT2D eigenvalue weighted by atomic mass is 10.1. The summed E-state index contributed by atoms with van der Waals surface area (Å²) in [6.07, 6.45) is 0.644. The minimum Gasteiger partial charge on any atom is -0.296 e. The van der Waals surface area contributed by atoms with Gasteiger partial charge in [0.2, 0.25) is 0 Å². The molecule has 0 N–H and O–H groups in total. The number of aldehydes is 1. The van der Waals surface area contributed by atoms with E-state index < -0.39 is 0 Å². The van der Waals surface area contributed by atoms with Gasteiger partial charge in [-0.3, -0.25) is 4.79 Å². The highest BCUT2D eigenvalue weighted by atomic mass is 35.5. The Balaban J connectivity index is 2.06. The molecule has 0 aliphatic rings. The second kappa shape index (κ2) is 6.07. The first-order chi connectivity index (χ1) is 10.7. The van der Waals surface area contributed by atoms with Crippen molar-refractivity contribution in [3.05, 3.63) is 70.6 Å². The topological polar surface area (TPSA) is 47.8 Å². The third-order valence-electron chi connectivity index (χ3n) is 3.19. The number of rotatable bonds is 4. The SMILES string of the molecule is O=Cc1nnn(Cc2cccc(F)c2)c1-c1cccc(Cl)c1. The molecule has 0 aliphatic carbocycles. The Morgan fingerprint density at radius 1 is 1.18 bits per heavy atom. The van der Waals surface area contributed by atoms with Crippen molar-refractivity contribution < 1.29 is 9.18 Å². The van der Waals surface area contributed by atoms with E-state index in [9.17, 15) is 9.18 Å². The zero-order valence-electron chi connectivity index (χ0n) is 11.4. The summed E-state index contributed by atoms with van der Waals surface area (Å²) in [6, 6.07) is 13.3. The van der Waals surface area contributed by atoms with Crippen LogP contribution in [-0.2, 0) is 6.54 Å². The van der Waals surface area contributed by atoms with E-state index in [1.54, 1.807) is 35.0 Å². The van der Waals surface area contributed by atoms with E-state index in [0.717, 1.165) is 11.1 Å². The molecule has 6 heteroatoms. The molecule has 22 heavy (non-hydrogen) atoms. The molecule has 0 bridgehead atoms. The lowest BCUT2D eigenvalue weighted by molar-refractivity contribution is 0.111. The molecule has 4 nitrogen and oxygen atoms in total. The molecule has 0 radical (unpaired) electrons. The minimum absolute atomic E-state index is 0.221. The van der Waals surface area contributed by atoms with E-state index in [1.807, 2.05) is 6.07 Å². The predicted octanol–water partition coefficient (Wildman–Crippen LogP) is 3.60. The maximum absolute atomic E-state index is 13.3. The first-order valence-corrected chi connectivity index (χ1v) is 6.94. The van der Waals surface area contributed by atoms with Gasteiger partial charge in [0.05, 0.1) is 12.2 Å². The van der Waals surface area contributed by atoms with Gasteiger partial charge in [-0.15, -0.1) is 5.10 Å². The highest BCUT2D eigenvalue weighted by Gasteiger charge is 2.15. The van der Waals surface area contributed by atoms with Gasteiger partial charge in [-0.2, -0.15) is 0 Å². The van der Waals surface area contributed by atoms with E-state index in [4.69, 9.17) is 11.6 Å². The van der Waals surface area contributed by atoms with Gasteiger partial charge in [0.25, 0.3) is 0 Å². The Morgan fingerprint density at radius 2 is 2.00 bits per heavy atom. The van der Waals surface area contributed by atoms with E-state index in [0.29, 0.717) is 23.5 Å². The highest BCUT2D eigenvalue weighted by molar-refractivity contribution is 6.30. The van der Waals surface area contributed by atoms with Crippen molar-refractivity contribution in [2.45, 2.75) is 6.54 Å². The number of hydrogen-bond donors (Lipinski definition) is 0. The minimum atomic E-state index is -0.322. The molecular weight excluding hydrogens is 305 g/mol. The lowest BCUT2D eigenvalue weighted by Gasteiger charge is -2.08. The maximum atomic E-state index is 13.3. The Labute approximate surface area is 131 Å². The van der Waals surface area contributed by atoms with Crippen LogP contribution in [0.3, 0.4) is 0 Å². The second-order valence-corrected chi connectivity index (χ2v) is 5.18. The van der Waals surface area contributed by atoms with Crippen LogP contribution in [0.4, 0.5) is 4.39 Å². The maximum Gasteiger partial charge on any atom is 0.172 e. The summed E-state index contributed by atoms with van der Waals surface area (Å²) in [5.41, 5.74) is 2.24. The van der Waals surface area contributed by atoms with Crippen molar-refractivity contribution in [1.29, 1.82) is 0 Å². The van der Waals surface area contributed by atoms with Crippen molar-refractivity contribution in [2.75, 3.05) is 0 Å². The first kappa shape index (κ1) is 14.4. The van der Waals surface area contributed by atoms with E-state index in [1.165, 1.54) is 12.1 Å². The van der Waals surface area contributed by atoms with Crippen molar-refractivity contribution in [2.24, 2.45) is 0 Å². The Bertz CT molecular complexity index is 832. The van der Waals surface area contributed by atoms with Gasteiger partial charge in [0.1, 0.15) is 5.82 Å². The van der Waals surface area contributed by atoms with Crippen LogP contribution in [0.25, 0.3) is 11.3 Å². The van der Waals surface area contributed by atoms with Gasteiger partial charge in [-0.25, -0.2) is 9.07 Å². The molecule has 0 amide bonds. The Kier molecular flexibility index (Phi) is 3.98. The number of carbonyl (C=O) groups is 1. The van der Waals surface area contributed by atoms with Crippen LogP contribution in [0.15, 0.2) is 48.5 Å². The summed E-state index contributed by atoms with van der Waals surface area (Å²) in [5, 5.41) is 8.40. The number of aromatic nitrogens is 3. The summed E-state index contributed by atoms with van der Waals surface area (Å²) in [7, 11) is 0. The fraction of sp³-hybridized carbons (Fsp3) is 0.0625. The molecular formula is C16H11ClFN3O. The van der Waals surface area contributed by atoms with Crippen LogP contribution in [0.2, 0.25) is 5.02 Å². The fourth-order valence-corrected chi connectivity index (χ4v) is 2.45. The average Bonchev–Trinajstić information content (AvgIpc) is 2.90. The molecule has 2 aromatic carbocycles. The van der Waals surface area contributed by atoms with Crippen molar-refractivity contribution in [3.8, 4) is 11.3 Å². The number of nitrogens with zero attached hydrogens (tertiary/aromatic N) is 3. The smallest absolute Gasteiger partial charge is 0.172 e. The molecule has 0 saturated heterocycles. The Hall–Kier alpha value is -2.53. The average molecular weight is 316 g/mol. The van der Waals surface area contributed by atoms with Crippen LogP contribution in [0.1, 0.15) is 16.1 Å². The number of halogens is 2. The zero-order chi connectivity index (χ0) is 15.5. The number of hydrogen-bond acceptors (Lipinski definition) is 3. The summed E-state index contributed by atoms with van der Waals surface area (Å²) >= 11 is 6.00. The lowest BCUT2D eigenvalue weighted by Crippen LogP contribution is -2.05. The van der Waals surface area contributed by atoms with Gasteiger partial charge in [-0.05, 0) is 29.8 Å². The van der Waals surface area contributed by atoms with Crippen molar-refractivity contribution in [1.82, 2.24) is 15.0 Å². The third kappa shape index (κ3) is 2.89. The summed E-state index contributed by atoms with van der Waals surface area (Å²) in [6.45, 7) is 0.306. The zero-order valence-corrected chi connectivity index (χ0v) is 12.2. The highest BCUT2D eigenvalue weighted by Crippen LogP contribution is 2.25. The van der Waals surface area contributed by atoms with E-state index in [-0.39, 0.29) is 11.5 Å².